The Morgan fingerprint density at radius 2 is 2.00 bits per heavy atom. The Kier molecular flexibility index (Phi) is 7.00. The summed E-state index contributed by atoms with van der Waals surface area (Å²) in [5.74, 6) is -0.963. The lowest BCUT2D eigenvalue weighted by atomic mass is 9.97. The van der Waals surface area contributed by atoms with Crippen molar-refractivity contribution < 1.29 is 15.0 Å². The molecule has 0 atom stereocenters. The predicted molar refractivity (Wildman–Crippen MR) is 121 cm³/mol. The Bertz CT molecular complexity index is 970. The number of aromatic hydroxyl groups is 1. The third-order valence-corrected chi connectivity index (χ3v) is 6.89. The lowest BCUT2D eigenvalue weighted by Gasteiger charge is -2.31. The molecule has 1 aliphatic rings. The maximum Gasteiger partial charge on any atom is 0.306 e. The number of piperidine rings is 1. The summed E-state index contributed by atoms with van der Waals surface area (Å²) in [7, 11) is 0. The quantitative estimate of drug-likeness (QED) is 0.336. The first-order valence-corrected chi connectivity index (χ1v) is 10.9. The maximum absolute atomic E-state index is 11.0. The molecule has 1 fully saturated rings. The average Bonchev–Trinajstić information content (AvgIpc) is 3.09. The van der Waals surface area contributed by atoms with Crippen molar-refractivity contribution in [3.63, 3.8) is 0 Å². The molecule has 10 heteroatoms. The molecule has 3 N–H and O–H groups in total. The van der Waals surface area contributed by atoms with Crippen LogP contribution in [0.4, 0.5) is 0 Å². The third kappa shape index (κ3) is 5.01. The van der Waals surface area contributed by atoms with Gasteiger partial charge >= 0.3 is 5.97 Å². The minimum atomic E-state index is -0.761. The monoisotopic (exact) mass is 471 g/mol. The van der Waals surface area contributed by atoms with E-state index in [1.54, 1.807) is 25.1 Å². The zero-order chi connectivity index (χ0) is 21.1. The molecular weight excluding hydrogens is 453 g/mol. The van der Waals surface area contributed by atoms with Crippen molar-refractivity contribution in [2.75, 3.05) is 13.1 Å². The fourth-order valence-electron chi connectivity index (χ4n) is 3.04. The Hall–Kier alpha value is -1.87. The molecule has 0 bridgehead atoms. The second-order valence-electron chi connectivity index (χ2n) is 6.67. The molecule has 1 saturated heterocycles. The van der Waals surface area contributed by atoms with E-state index >= 15 is 0 Å². The Labute approximate surface area is 187 Å². The van der Waals surface area contributed by atoms with E-state index in [1.807, 2.05) is 10.3 Å². The Morgan fingerprint density at radius 1 is 1.31 bits per heavy atom. The lowest BCUT2D eigenvalue weighted by molar-refractivity contribution is -0.143. The molecule has 2 heterocycles. The molecule has 3 rings (SSSR count). The van der Waals surface area contributed by atoms with E-state index in [-0.39, 0.29) is 11.7 Å². The van der Waals surface area contributed by atoms with E-state index < -0.39 is 5.97 Å². The predicted octanol–water partition coefficient (Wildman–Crippen LogP) is 4.82. The number of thiophene rings is 1. The number of halogens is 2. The number of thiocarbonyl (C=S) groups is 1. The van der Waals surface area contributed by atoms with E-state index in [1.165, 1.54) is 11.3 Å². The van der Waals surface area contributed by atoms with Gasteiger partial charge < -0.3 is 15.1 Å². The average molecular weight is 472 g/mol. The summed E-state index contributed by atoms with van der Waals surface area (Å²) in [6.07, 6.45) is 1.11. The minimum absolute atomic E-state index is 0.115. The van der Waals surface area contributed by atoms with Gasteiger partial charge in [-0.2, -0.15) is 5.10 Å². The maximum atomic E-state index is 11.0. The van der Waals surface area contributed by atoms with Gasteiger partial charge in [0.1, 0.15) is 5.75 Å². The molecular formula is C19H19Cl2N3O3S2. The molecule has 154 valence electrons. The number of hydrogen-bond acceptors (Lipinski definition) is 5. The molecule has 0 amide bonds. The highest BCUT2D eigenvalue weighted by Gasteiger charge is 2.25. The fraction of sp³-hybridized carbons (Fsp3) is 0.316. The number of nitrogens with one attached hydrogen (secondary N) is 1. The van der Waals surface area contributed by atoms with E-state index in [0.29, 0.717) is 57.2 Å². The van der Waals surface area contributed by atoms with Gasteiger partial charge in [0.15, 0.2) is 5.11 Å². The first kappa shape index (κ1) is 21.8. The first-order valence-electron chi connectivity index (χ1n) is 8.86. The lowest BCUT2D eigenvalue weighted by Crippen LogP contribution is -2.44. The molecule has 2 aromatic rings. The second-order valence-corrected chi connectivity index (χ2v) is 8.75. The topological polar surface area (TPSA) is 85.2 Å². The molecule has 0 aliphatic carbocycles. The van der Waals surface area contributed by atoms with Crippen molar-refractivity contribution in [3.05, 3.63) is 39.2 Å². The van der Waals surface area contributed by atoms with Crippen molar-refractivity contribution in [1.29, 1.82) is 0 Å². The number of benzene rings is 1. The van der Waals surface area contributed by atoms with Gasteiger partial charge in [-0.25, -0.2) is 0 Å². The zero-order valence-electron chi connectivity index (χ0n) is 15.5. The van der Waals surface area contributed by atoms with E-state index in [0.717, 1.165) is 5.56 Å². The normalized spacial score (nSPS) is 15.4. The number of carboxylic acids is 1. The smallest absolute Gasteiger partial charge is 0.306 e. The van der Waals surface area contributed by atoms with E-state index in [2.05, 4.69) is 10.5 Å². The fourth-order valence-corrected chi connectivity index (χ4v) is 4.57. The van der Waals surface area contributed by atoms with E-state index in [4.69, 9.17) is 40.5 Å². The second kappa shape index (κ2) is 9.30. The van der Waals surface area contributed by atoms with Crippen LogP contribution in [0.3, 0.4) is 0 Å². The first-order chi connectivity index (χ1) is 13.8. The van der Waals surface area contributed by atoms with Gasteiger partial charge in [0.25, 0.3) is 0 Å². The highest BCUT2D eigenvalue weighted by Crippen LogP contribution is 2.40. The molecule has 29 heavy (non-hydrogen) atoms. The molecule has 1 aromatic heterocycles. The van der Waals surface area contributed by atoms with Crippen molar-refractivity contribution >= 4 is 63.5 Å². The van der Waals surface area contributed by atoms with E-state index in [9.17, 15) is 9.90 Å². The van der Waals surface area contributed by atoms with Crippen LogP contribution >= 0.6 is 46.8 Å². The molecule has 0 radical (unpaired) electrons. The van der Waals surface area contributed by atoms with Crippen LogP contribution in [0.5, 0.6) is 5.75 Å². The van der Waals surface area contributed by atoms with Crippen LogP contribution in [0, 0.1) is 5.92 Å². The summed E-state index contributed by atoms with van der Waals surface area (Å²) in [5, 5.41) is 27.1. The summed E-state index contributed by atoms with van der Waals surface area (Å²) in [4.78, 5) is 13.6. The van der Waals surface area contributed by atoms with Gasteiger partial charge in [-0.15, -0.1) is 11.3 Å². The van der Waals surface area contributed by atoms with Gasteiger partial charge in [-0.1, -0.05) is 29.3 Å². The van der Waals surface area contributed by atoms with Crippen molar-refractivity contribution in [1.82, 2.24) is 10.3 Å². The summed E-state index contributed by atoms with van der Waals surface area (Å²) >= 11 is 18.8. The summed E-state index contributed by atoms with van der Waals surface area (Å²) in [6, 6.07) is 5.19. The van der Waals surface area contributed by atoms with Gasteiger partial charge in [0.05, 0.1) is 32.1 Å². The molecule has 1 aliphatic heterocycles. The molecule has 1 aromatic carbocycles. The Balaban J connectivity index is 1.67. The van der Waals surface area contributed by atoms with Crippen LogP contribution < -0.4 is 5.43 Å². The SMILES string of the molecule is C/C(=N/NC(=S)N1CCC(C(=O)O)CC1)c1csc(-c2ccc(Cl)c(Cl)c2)c1O. The van der Waals surface area contributed by atoms with Gasteiger partial charge in [0.2, 0.25) is 0 Å². The van der Waals surface area contributed by atoms with Crippen LogP contribution in [-0.4, -0.2) is 45.0 Å². The number of hydrogen-bond donors (Lipinski definition) is 3. The van der Waals surface area contributed by atoms with Crippen LogP contribution in [0.15, 0.2) is 28.7 Å². The standard InChI is InChI=1S/C19H19Cl2N3O3S2/c1-10(22-23-19(28)24-6-4-11(5-7-24)18(26)27)13-9-29-17(16(13)25)12-2-3-14(20)15(21)8-12/h2-3,8-9,11,25H,4-7H2,1H3,(H,23,28)(H,26,27)/b22-10-. The van der Waals surface area contributed by atoms with Crippen LogP contribution in [-0.2, 0) is 4.79 Å². The number of hydrazone groups is 1. The summed E-state index contributed by atoms with van der Waals surface area (Å²) in [5.41, 5.74) is 4.78. The number of likely N-dealkylation sites (tertiary alicyclic amines) is 1. The van der Waals surface area contributed by atoms with Crippen molar-refractivity contribution in [2.24, 2.45) is 11.0 Å². The largest absolute Gasteiger partial charge is 0.506 e. The summed E-state index contributed by atoms with van der Waals surface area (Å²) < 4.78 is 0. The number of carbonyl (C=O) groups is 1. The minimum Gasteiger partial charge on any atom is -0.506 e. The molecule has 0 saturated carbocycles. The zero-order valence-corrected chi connectivity index (χ0v) is 18.6. The Morgan fingerprint density at radius 3 is 2.62 bits per heavy atom. The van der Waals surface area contributed by atoms with Gasteiger partial charge in [-0.05, 0) is 49.7 Å². The molecule has 6 nitrogen and oxygen atoms in total. The van der Waals surface area contributed by atoms with Gasteiger partial charge in [-0.3, -0.25) is 10.2 Å². The number of nitrogens with zero attached hydrogens (tertiary/aromatic N) is 2. The molecule has 0 spiro atoms. The molecule has 0 unspecified atom stereocenters. The number of carboxylic acid groups (broad SMARTS) is 1. The number of rotatable bonds is 4. The van der Waals surface area contributed by atoms with Gasteiger partial charge in [0, 0.05) is 18.5 Å². The third-order valence-electron chi connectivity index (χ3n) is 4.79. The number of aliphatic carboxylic acids is 1. The summed E-state index contributed by atoms with van der Waals surface area (Å²) in [6.45, 7) is 2.91. The van der Waals surface area contributed by atoms with Crippen molar-refractivity contribution in [3.8, 4) is 16.2 Å². The highest BCUT2D eigenvalue weighted by atomic mass is 35.5. The van der Waals surface area contributed by atoms with Crippen LogP contribution in [0.2, 0.25) is 10.0 Å². The van der Waals surface area contributed by atoms with Crippen LogP contribution in [0.25, 0.3) is 10.4 Å². The van der Waals surface area contributed by atoms with Crippen LogP contribution in [0.1, 0.15) is 25.3 Å². The van der Waals surface area contributed by atoms with Crippen molar-refractivity contribution in [2.45, 2.75) is 19.8 Å². The highest BCUT2D eigenvalue weighted by molar-refractivity contribution is 7.80.